The van der Waals surface area contributed by atoms with Crippen molar-refractivity contribution in [3.63, 3.8) is 0 Å². The minimum Gasteiger partial charge on any atom is -1.00 e. The third kappa shape index (κ3) is 19.8. The van der Waals surface area contributed by atoms with E-state index in [-0.39, 0.29) is 27.3 Å². The van der Waals surface area contributed by atoms with Gasteiger partial charge >= 0.3 is 25.8 Å². The van der Waals surface area contributed by atoms with Crippen molar-refractivity contribution in [1.29, 1.82) is 0 Å². The molecule has 0 aliphatic carbocycles. The molecule has 27 heavy (non-hydrogen) atoms. The average molecular weight is 469 g/mol. The minimum absolute atomic E-state index is 0. The Morgan fingerprint density at radius 3 is 0.889 bits per heavy atom. The monoisotopic (exact) mass is 468 g/mol. The van der Waals surface area contributed by atoms with Crippen molar-refractivity contribution < 1.29 is 27.3 Å². The van der Waals surface area contributed by atoms with Gasteiger partial charge in [0.25, 0.3) is 0 Å². The molecule has 0 saturated heterocycles. The van der Waals surface area contributed by atoms with Gasteiger partial charge in [-0.1, -0.05) is 92.4 Å². The number of hydrogen-bond acceptors (Lipinski definition) is 0. The summed E-state index contributed by atoms with van der Waals surface area (Å²) in [6.07, 6.45) is 8.79. The summed E-state index contributed by atoms with van der Waals surface area (Å²) in [5.74, 6) is 0. The first-order valence-electron chi connectivity index (χ1n) is 9.90. The summed E-state index contributed by atoms with van der Waals surface area (Å²) in [7, 11) is -4.67. The number of allylic oxidation sites excluding steroid dienone is 6. The Labute approximate surface area is 197 Å². The van der Waals surface area contributed by atoms with Crippen LogP contribution in [0.5, 0.6) is 0 Å². The maximum atomic E-state index is 3.73. The second-order valence-electron chi connectivity index (χ2n) is 11.1. The van der Waals surface area contributed by atoms with E-state index in [1.165, 1.54) is 10.4 Å². The van der Waals surface area contributed by atoms with Crippen molar-refractivity contribution in [1.82, 2.24) is 0 Å². The van der Waals surface area contributed by atoms with Gasteiger partial charge < -0.3 is 1.43 Å². The van der Waals surface area contributed by atoms with Crippen LogP contribution in [0, 0.1) is 11.4 Å². The molecule has 0 aliphatic heterocycles. The number of hydrogen-bond donors (Lipinski definition) is 0. The van der Waals surface area contributed by atoms with E-state index in [1.807, 2.05) is 0 Å². The maximum absolute atomic E-state index is 3.73. The van der Waals surface area contributed by atoms with E-state index < -0.39 is 32.3 Å². The van der Waals surface area contributed by atoms with E-state index in [0.717, 1.165) is 0 Å². The second-order valence-corrected chi connectivity index (χ2v) is 30.7. The quantitative estimate of drug-likeness (QED) is 0.209. The SMILES string of the molecule is CC=CC(=[C-][Si](C)(C)C)[Si](C)(C)C.CC=CC(=[C-][Si](C)(C)C)[Si](C)(C)C.[H-].[Sc+3]. The zero-order chi connectivity index (χ0) is 21.4. The molecule has 0 heterocycles. The third-order valence-electron chi connectivity index (χ3n) is 3.30. The summed E-state index contributed by atoms with van der Waals surface area (Å²) >= 11 is 0. The van der Waals surface area contributed by atoms with Crippen LogP contribution in [0.15, 0.2) is 34.7 Å². The largest absolute Gasteiger partial charge is 3.00 e. The van der Waals surface area contributed by atoms with Crippen LogP contribution in [-0.2, 0) is 25.8 Å². The molecular formula is C22H47ScSi4. The Morgan fingerprint density at radius 2 is 0.778 bits per heavy atom. The van der Waals surface area contributed by atoms with Crippen LogP contribution in [-0.4, -0.2) is 32.3 Å². The van der Waals surface area contributed by atoms with E-state index in [2.05, 4.69) is 128 Å². The van der Waals surface area contributed by atoms with Crippen LogP contribution >= 0.6 is 0 Å². The molecule has 5 heteroatoms. The van der Waals surface area contributed by atoms with Crippen molar-refractivity contribution in [2.45, 2.75) is 92.4 Å². The van der Waals surface area contributed by atoms with Gasteiger partial charge in [-0.25, -0.2) is 22.5 Å². The fraction of sp³-hybridized carbons (Fsp3) is 0.636. The van der Waals surface area contributed by atoms with Gasteiger partial charge in [0.15, 0.2) is 0 Å². The van der Waals surface area contributed by atoms with Gasteiger partial charge in [-0.05, 0) is 16.1 Å². The maximum Gasteiger partial charge on any atom is 3.00 e. The topological polar surface area (TPSA) is 0 Å². The van der Waals surface area contributed by atoms with Gasteiger partial charge in [0.1, 0.15) is 0 Å². The van der Waals surface area contributed by atoms with E-state index in [4.69, 9.17) is 0 Å². The van der Waals surface area contributed by atoms with Crippen molar-refractivity contribution in [3.05, 3.63) is 46.1 Å². The molecule has 0 N–H and O–H groups in total. The zero-order valence-corrected chi connectivity index (χ0v) is 26.7. The fourth-order valence-electron chi connectivity index (χ4n) is 2.10. The molecule has 0 rings (SSSR count). The van der Waals surface area contributed by atoms with E-state index in [0.29, 0.717) is 0 Å². The summed E-state index contributed by atoms with van der Waals surface area (Å²) in [6.45, 7) is 32.5. The zero-order valence-electron chi connectivity index (χ0n) is 21.9. The molecule has 0 nitrogen and oxygen atoms in total. The fourth-order valence-corrected chi connectivity index (χ4v) is 10.5. The molecule has 154 valence electrons. The normalized spacial score (nSPS) is 14.9. The molecule has 0 amide bonds. The predicted molar refractivity (Wildman–Crippen MR) is 138 cm³/mol. The van der Waals surface area contributed by atoms with Gasteiger partial charge in [0.05, 0.1) is 0 Å². The van der Waals surface area contributed by atoms with Gasteiger partial charge in [-0.15, -0.1) is 0 Å². The van der Waals surface area contributed by atoms with Crippen molar-refractivity contribution >= 4 is 32.3 Å². The van der Waals surface area contributed by atoms with Crippen LogP contribution in [0.2, 0.25) is 78.6 Å². The average Bonchev–Trinajstić information content (AvgIpc) is 2.33. The predicted octanol–water partition coefficient (Wildman–Crippen LogP) is 8.20. The summed E-state index contributed by atoms with van der Waals surface area (Å²) in [6, 6.07) is 0. The van der Waals surface area contributed by atoms with E-state index in [9.17, 15) is 0 Å². The van der Waals surface area contributed by atoms with Crippen LogP contribution < -0.4 is 0 Å². The van der Waals surface area contributed by atoms with E-state index >= 15 is 0 Å². The Balaban J connectivity index is -0.000000192. The standard InChI is InChI=1S/2C11H23Si2.Sc.H/c2*1-8-9-11(13(5,6)7)10-12(2,3)4;;/h2*8-9H,1-7H3;;/q2*-1;+3;-1. The van der Waals surface area contributed by atoms with Gasteiger partial charge in [-0.2, -0.15) is 12.2 Å². The summed E-state index contributed by atoms with van der Waals surface area (Å²) in [4.78, 5) is 0. The molecular weight excluding hydrogens is 422 g/mol. The van der Waals surface area contributed by atoms with Crippen LogP contribution in [0.3, 0.4) is 0 Å². The molecule has 0 saturated carbocycles. The Morgan fingerprint density at radius 1 is 0.556 bits per heavy atom. The molecule has 0 aliphatic rings. The third-order valence-corrected chi connectivity index (χ3v) is 9.66. The molecule has 0 spiro atoms. The molecule has 0 radical (unpaired) electrons. The van der Waals surface area contributed by atoms with Gasteiger partial charge in [0, 0.05) is 16.1 Å². The molecule has 0 aromatic heterocycles. The second kappa shape index (κ2) is 13.1. The summed E-state index contributed by atoms with van der Waals surface area (Å²) < 4.78 is 0. The molecule has 0 aromatic rings. The summed E-state index contributed by atoms with van der Waals surface area (Å²) in [5.41, 5.74) is 7.46. The van der Waals surface area contributed by atoms with Crippen molar-refractivity contribution in [2.24, 2.45) is 0 Å². The van der Waals surface area contributed by atoms with Crippen molar-refractivity contribution in [2.75, 3.05) is 0 Å². The first kappa shape index (κ1) is 32.4. The Bertz CT molecular complexity index is 485. The van der Waals surface area contributed by atoms with Crippen LogP contribution in [0.4, 0.5) is 0 Å². The first-order chi connectivity index (χ1) is 11.3. The number of rotatable bonds is 6. The molecule has 0 atom stereocenters. The molecule has 0 fully saturated rings. The molecule has 0 bridgehead atoms. The van der Waals surface area contributed by atoms with Crippen LogP contribution in [0.1, 0.15) is 15.3 Å². The van der Waals surface area contributed by atoms with Gasteiger partial charge in [0.2, 0.25) is 0 Å². The molecule has 0 aromatic carbocycles. The minimum atomic E-state index is -1.17. The van der Waals surface area contributed by atoms with Crippen LogP contribution in [0.25, 0.3) is 0 Å². The molecule has 0 unspecified atom stereocenters. The van der Waals surface area contributed by atoms with Gasteiger partial charge in [-0.3, -0.25) is 11.4 Å². The Kier molecular flexibility index (Phi) is 15.7. The first-order valence-corrected chi connectivity index (χ1v) is 23.9. The smallest absolute Gasteiger partial charge is 1.00 e. The Hall–Kier alpha value is 0.698. The van der Waals surface area contributed by atoms with E-state index in [1.54, 1.807) is 0 Å². The summed E-state index contributed by atoms with van der Waals surface area (Å²) in [5, 5.41) is 2.99. The van der Waals surface area contributed by atoms with Crippen molar-refractivity contribution in [3.8, 4) is 0 Å².